The molecule has 1 fully saturated rings. The van der Waals surface area contributed by atoms with Crippen LogP contribution in [0.2, 0.25) is 5.02 Å². The van der Waals surface area contributed by atoms with E-state index in [9.17, 15) is 31.9 Å². The smallest absolute Gasteiger partial charge is 0.416 e. The molecule has 0 radical (unpaired) electrons. The average molecular weight is 549 g/mol. The second-order valence-corrected chi connectivity index (χ2v) is 8.32. The Bertz CT molecular complexity index is 1470. The van der Waals surface area contributed by atoms with Crippen LogP contribution in [0, 0.1) is 5.82 Å². The maximum atomic E-state index is 13.9. The predicted molar refractivity (Wildman–Crippen MR) is 129 cm³/mol. The van der Waals surface area contributed by atoms with Gasteiger partial charge in [-0.3, -0.25) is 14.9 Å². The van der Waals surface area contributed by atoms with Crippen LogP contribution in [-0.4, -0.2) is 25.0 Å². The van der Waals surface area contributed by atoms with Crippen LogP contribution in [0.25, 0.3) is 6.08 Å². The van der Waals surface area contributed by atoms with E-state index in [1.165, 1.54) is 31.4 Å². The number of alkyl halides is 3. The van der Waals surface area contributed by atoms with Gasteiger partial charge in [0.05, 0.1) is 23.4 Å². The van der Waals surface area contributed by atoms with E-state index in [1.54, 1.807) is 18.2 Å². The minimum Gasteiger partial charge on any atom is -0.493 e. The number of barbiturate groups is 1. The maximum Gasteiger partial charge on any atom is 0.416 e. The lowest BCUT2D eigenvalue weighted by Crippen LogP contribution is -2.54. The Kier molecular flexibility index (Phi) is 7.40. The van der Waals surface area contributed by atoms with Gasteiger partial charge in [-0.05, 0) is 48.0 Å². The molecule has 4 rings (SSSR count). The molecule has 1 aliphatic rings. The molecule has 1 N–H and O–H groups in total. The number of amides is 4. The van der Waals surface area contributed by atoms with Gasteiger partial charge in [0, 0.05) is 5.56 Å². The van der Waals surface area contributed by atoms with Gasteiger partial charge in [-0.15, -0.1) is 0 Å². The summed E-state index contributed by atoms with van der Waals surface area (Å²) in [4.78, 5) is 38.4. The Hall–Kier alpha value is -4.38. The van der Waals surface area contributed by atoms with Crippen LogP contribution in [0.3, 0.4) is 0 Å². The van der Waals surface area contributed by atoms with Gasteiger partial charge in [-0.25, -0.2) is 14.1 Å². The number of nitrogens with zero attached hydrogens (tertiary/aromatic N) is 1. The largest absolute Gasteiger partial charge is 0.493 e. The Morgan fingerprint density at radius 2 is 1.74 bits per heavy atom. The van der Waals surface area contributed by atoms with Crippen molar-refractivity contribution < 1.29 is 41.4 Å². The zero-order chi connectivity index (χ0) is 27.6. The van der Waals surface area contributed by atoms with Gasteiger partial charge in [0.1, 0.15) is 18.0 Å². The van der Waals surface area contributed by atoms with Gasteiger partial charge in [-0.2, -0.15) is 13.2 Å². The molecule has 7 nitrogen and oxygen atoms in total. The molecule has 0 unspecified atom stereocenters. The van der Waals surface area contributed by atoms with E-state index in [2.05, 4.69) is 0 Å². The molecule has 4 amide bonds. The predicted octanol–water partition coefficient (Wildman–Crippen LogP) is 5.75. The monoisotopic (exact) mass is 548 g/mol. The second-order valence-electron chi connectivity index (χ2n) is 7.91. The molecule has 196 valence electrons. The fraction of sp³-hybridized carbons (Fsp3) is 0.115. The van der Waals surface area contributed by atoms with Crippen LogP contribution >= 0.6 is 11.6 Å². The van der Waals surface area contributed by atoms with E-state index < -0.39 is 46.7 Å². The van der Waals surface area contributed by atoms with Crippen molar-refractivity contribution in [2.75, 3.05) is 12.0 Å². The third-order valence-corrected chi connectivity index (χ3v) is 5.78. The summed E-state index contributed by atoms with van der Waals surface area (Å²) in [6.45, 7) is -0.0980. The summed E-state index contributed by atoms with van der Waals surface area (Å²) in [5, 5.41) is 1.61. The summed E-state index contributed by atoms with van der Waals surface area (Å²) in [5.41, 5.74) is -1.65. The first-order chi connectivity index (χ1) is 18.0. The number of urea groups is 1. The van der Waals surface area contributed by atoms with Gasteiger partial charge in [0.2, 0.25) is 0 Å². The molecule has 0 atom stereocenters. The van der Waals surface area contributed by atoms with Crippen molar-refractivity contribution in [3.63, 3.8) is 0 Å². The molecule has 0 aliphatic carbocycles. The third kappa shape index (κ3) is 5.47. The van der Waals surface area contributed by atoms with Crippen LogP contribution in [0.4, 0.5) is 28.0 Å². The molecule has 38 heavy (non-hydrogen) atoms. The zero-order valence-electron chi connectivity index (χ0n) is 19.4. The fourth-order valence-corrected chi connectivity index (χ4v) is 3.77. The average Bonchev–Trinajstić information content (AvgIpc) is 2.86. The molecule has 12 heteroatoms. The van der Waals surface area contributed by atoms with Gasteiger partial charge < -0.3 is 9.47 Å². The first kappa shape index (κ1) is 26.7. The highest BCUT2D eigenvalue weighted by Gasteiger charge is 2.39. The number of carbonyl (C=O) groups is 3. The van der Waals surface area contributed by atoms with Gasteiger partial charge in [0.25, 0.3) is 11.8 Å². The van der Waals surface area contributed by atoms with Crippen molar-refractivity contribution in [2.45, 2.75) is 12.8 Å². The number of nitrogens with one attached hydrogen (secondary N) is 1. The van der Waals surface area contributed by atoms with Crippen LogP contribution in [0.15, 0.2) is 66.2 Å². The van der Waals surface area contributed by atoms with Crippen LogP contribution in [0.1, 0.15) is 16.7 Å². The lowest BCUT2D eigenvalue weighted by atomic mass is 10.1. The van der Waals surface area contributed by atoms with E-state index in [-0.39, 0.29) is 28.7 Å². The standard InChI is InChI=1S/C26H17ClF4N2O5/c1-37-22-11-14(6-9-21(22)38-13-15-4-2-3-5-19(15)28)10-17-23(34)32-25(36)33(24(17)35)20-12-16(26(29,30)31)7-8-18(20)27/h2-12H,13H2,1H3,(H,32,34,36)/b17-10-. The maximum absolute atomic E-state index is 13.9. The van der Waals surface area contributed by atoms with E-state index >= 15 is 0 Å². The van der Waals surface area contributed by atoms with E-state index in [4.69, 9.17) is 21.1 Å². The molecule has 0 aromatic heterocycles. The van der Waals surface area contributed by atoms with Gasteiger partial charge >= 0.3 is 12.2 Å². The Morgan fingerprint density at radius 1 is 1.00 bits per heavy atom. The molecule has 3 aromatic carbocycles. The van der Waals surface area contributed by atoms with Gasteiger partial charge in [-0.1, -0.05) is 35.9 Å². The highest BCUT2D eigenvalue weighted by Crippen LogP contribution is 2.37. The van der Waals surface area contributed by atoms with Crippen LogP contribution in [-0.2, 0) is 22.4 Å². The van der Waals surface area contributed by atoms with E-state index in [1.807, 2.05) is 5.32 Å². The van der Waals surface area contributed by atoms with Crippen molar-refractivity contribution in [2.24, 2.45) is 0 Å². The number of imide groups is 2. The zero-order valence-corrected chi connectivity index (χ0v) is 20.2. The lowest BCUT2D eigenvalue weighted by Gasteiger charge is -2.27. The summed E-state index contributed by atoms with van der Waals surface area (Å²) in [6, 6.07) is 11.3. The van der Waals surface area contributed by atoms with Crippen LogP contribution in [0.5, 0.6) is 11.5 Å². The lowest BCUT2D eigenvalue weighted by molar-refractivity contribution is -0.137. The van der Waals surface area contributed by atoms with Crippen molar-refractivity contribution >= 4 is 41.2 Å². The summed E-state index contributed by atoms with van der Waals surface area (Å²) in [7, 11) is 1.34. The number of hydrogen-bond donors (Lipinski definition) is 1. The highest BCUT2D eigenvalue weighted by atomic mass is 35.5. The number of ether oxygens (including phenoxy) is 2. The van der Waals surface area contributed by atoms with Gasteiger partial charge in [0.15, 0.2) is 11.5 Å². The summed E-state index contributed by atoms with van der Waals surface area (Å²) in [6.07, 6.45) is -3.64. The topological polar surface area (TPSA) is 84.9 Å². The minimum atomic E-state index is -4.77. The highest BCUT2D eigenvalue weighted by molar-refractivity contribution is 6.42. The molecule has 0 bridgehead atoms. The van der Waals surface area contributed by atoms with E-state index in [0.29, 0.717) is 22.6 Å². The van der Waals surface area contributed by atoms with Crippen molar-refractivity contribution in [1.82, 2.24) is 5.32 Å². The number of rotatable bonds is 6. The Labute approximate surface area is 218 Å². The summed E-state index contributed by atoms with van der Waals surface area (Å²) < 4.78 is 64.4. The molecule has 3 aromatic rings. The fourth-order valence-electron chi connectivity index (χ4n) is 3.57. The molecular formula is C26H17ClF4N2O5. The van der Waals surface area contributed by atoms with Crippen molar-refractivity contribution in [3.05, 3.63) is 93.8 Å². The summed E-state index contributed by atoms with van der Waals surface area (Å²) in [5.74, 6) is -2.26. The second kappa shape index (κ2) is 10.5. The number of anilines is 1. The number of halogens is 5. The Balaban J connectivity index is 1.64. The number of carbonyl (C=O) groups excluding carboxylic acids is 3. The van der Waals surface area contributed by atoms with E-state index in [0.717, 1.165) is 12.1 Å². The Morgan fingerprint density at radius 3 is 2.42 bits per heavy atom. The van der Waals surface area contributed by atoms with Crippen LogP contribution < -0.4 is 19.7 Å². The SMILES string of the molecule is COc1cc(/C=C2/C(=O)NC(=O)N(c3cc(C(F)(F)F)ccc3Cl)C2=O)ccc1OCc1ccccc1F. The summed E-state index contributed by atoms with van der Waals surface area (Å²) >= 11 is 6.00. The minimum absolute atomic E-state index is 0.0980. The molecule has 0 saturated carbocycles. The number of benzene rings is 3. The van der Waals surface area contributed by atoms with Crippen molar-refractivity contribution in [3.8, 4) is 11.5 Å². The first-order valence-corrected chi connectivity index (χ1v) is 11.2. The molecule has 1 heterocycles. The quantitative estimate of drug-likeness (QED) is 0.241. The number of methoxy groups -OCH3 is 1. The first-order valence-electron chi connectivity index (χ1n) is 10.8. The molecule has 1 saturated heterocycles. The molecule has 1 aliphatic heterocycles. The normalized spacial score (nSPS) is 15.1. The molecule has 0 spiro atoms. The third-order valence-electron chi connectivity index (χ3n) is 5.46. The van der Waals surface area contributed by atoms with Crippen molar-refractivity contribution in [1.29, 1.82) is 0 Å². The number of hydrogen-bond acceptors (Lipinski definition) is 5. The molecular weight excluding hydrogens is 532 g/mol.